The Hall–Kier alpha value is -2.38. The highest BCUT2D eigenvalue weighted by Crippen LogP contribution is 2.27. The molecule has 3 N–H and O–H groups in total. The first-order chi connectivity index (χ1) is 12.6. The van der Waals surface area contributed by atoms with Gasteiger partial charge < -0.3 is 25.4 Å². The SMILES string of the molecule is CNCCCN(C)c1ccc(/N=N/C2=CC(OC)=C(N)CC2OC)cc1. The Morgan fingerprint density at radius 2 is 1.96 bits per heavy atom. The normalized spacial score (nSPS) is 17.5. The molecule has 0 aliphatic heterocycles. The van der Waals surface area contributed by atoms with Gasteiger partial charge in [0.25, 0.3) is 0 Å². The second-order valence-electron chi connectivity index (χ2n) is 6.19. The molecule has 0 saturated heterocycles. The van der Waals surface area contributed by atoms with Crippen LogP contribution < -0.4 is 16.0 Å². The summed E-state index contributed by atoms with van der Waals surface area (Å²) in [5.41, 5.74) is 9.26. The standard InChI is InChI=1S/C19H29N5O2/c1-21-10-5-11-24(2)15-8-6-14(7-9-15)22-23-17-13-18(25-3)16(20)12-19(17)26-4/h6-9,13,19,21H,5,10-12,20H2,1-4H3/b23-22+. The average Bonchev–Trinajstić information content (AvgIpc) is 2.67. The number of anilines is 1. The third kappa shape index (κ3) is 5.31. The second-order valence-corrected chi connectivity index (χ2v) is 6.19. The Morgan fingerprint density at radius 1 is 1.23 bits per heavy atom. The summed E-state index contributed by atoms with van der Waals surface area (Å²) in [5, 5.41) is 11.8. The van der Waals surface area contributed by atoms with Gasteiger partial charge in [-0.25, -0.2) is 0 Å². The number of hydrogen-bond acceptors (Lipinski definition) is 7. The van der Waals surface area contributed by atoms with Gasteiger partial charge >= 0.3 is 0 Å². The van der Waals surface area contributed by atoms with E-state index in [1.54, 1.807) is 20.3 Å². The maximum Gasteiger partial charge on any atom is 0.139 e. The number of rotatable bonds is 9. The molecule has 7 heteroatoms. The Balaban J connectivity index is 2.05. The number of nitrogens with zero attached hydrogens (tertiary/aromatic N) is 3. The lowest BCUT2D eigenvalue weighted by atomic mass is 10.0. The number of nitrogens with one attached hydrogen (secondary N) is 1. The number of ether oxygens (including phenoxy) is 2. The van der Waals surface area contributed by atoms with Gasteiger partial charge in [-0.3, -0.25) is 0 Å². The Morgan fingerprint density at radius 3 is 2.58 bits per heavy atom. The smallest absolute Gasteiger partial charge is 0.139 e. The van der Waals surface area contributed by atoms with Crippen molar-refractivity contribution in [2.24, 2.45) is 16.0 Å². The molecule has 0 heterocycles. The predicted octanol–water partition coefficient (Wildman–Crippen LogP) is 2.94. The van der Waals surface area contributed by atoms with E-state index in [-0.39, 0.29) is 6.10 Å². The van der Waals surface area contributed by atoms with Crippen molar-refractivity contribution in [1.29, 1.82) is 0 Å². The molecule has 1 aromatic carbocycles. The Kier molecular flexibility index (Phi) is 7.62. The summed E-state index contributed by atoms with van der Waals surface area (Å²) in [5.74, 6) is 0.616. The number of hydrogen-bond donors (Lipinski definition) is 2. The minimum atomic E-state index is -0.213. The van der Waals surface area contributed by atoms with Gasteiger partial charge in [0.05, 0.1) is 24.2 Å². The Bertz CT molecular complexity index is 667. The van der Waals surface area contributed by atoms with Crippen molar-refractivity contribution in [2.75, 3.05) is 46.3 Å². The maximum absolute atomic E-state index is 5.96. The van der Waals surface area contributed by atoms with Gasteiger partial charge in [0.15, 0.2) is 0 Å². The summed E-state index contributed by atoms with van der Waals surface area (Å²) in [6.45, 7) is 2.01. The van der Waals surface area contributed by atoms with Crippen molar-refractivity contribution in [3.05, 3.63) is 47.5 Å². The Labute approximate surface area is 155 Å². The summed E-state index contributed by atoms with van der Waals surface area (Å²) in [4.78, 5) is 2.22. The maximum atomic E-state index is 5.96. The molecule has 1 aromatic rings. The van der Waals surface area contributed by atoms with Crippen LogP contribution in [0.1, 0.15) is 12.8 Å². The molecule has 0 spiro atoms. The topological polar surface area (TPSA) is 84.5 Å². The predicted molar refractivity (Wildman–Crippen MR) is 104 cm³/mol. The molecule has 7 nitrogen and oxygen atoms in total. The van der Waals surface area contributed by atoms with Crippen molar-refractivity contribution < 1.29 is 9.47 Å². The first-order valence-corrected chi connectivity index (χ1v) is 8.73. The van der Waals surface area contributed by atoms with Gasteiger partial charge in [-0.2, -0.15) is 10.2 Å². The van der Waals surface area contributed by atoms with E-state index in [1.165, 1.54) is 0 Å². The summed E-state index contributed by atoms with van der Waals surface area (Å²) in [6.07, 6.45) is 3.20. The van der Waals surface area contributed by atoms with E-state index in [4.69, 9.17) is 15.2 Å². The van der Waals surface area contributed by atoms with Crippen molar-refractivity contribution in [3.8, 4) is 0 Å². The van der Waals surface area contributed by atoms with Crippen LogP contribution in [0.15, 0.2) is 57.7 Å². The number of nitrogens with two attached hydrogens (primary N) is 1. The molecule has 0 fully saturated rings. The van der Waals surface area contributed by atoms with Crippen LogP contribution in [-0.4, -0.2) is 47.5 Å². The van der Waals surface area contributed by atoms with Crippen molar-refractivity contribution in [3.63, 3.8) is 0 Å². The molecule has 0 aromatic heterocycles. The molecule has 1 aliphatic carbocycles. The quantitative estimate of drug-likeness (QED) is 0.523. The molecular weight excluding hydrogens is 330 g/mol. The van der Waals surface area contributed by atoms with E-state index < -0.39 is 0 Å². The molecule has 1 unspecified atom stereocenters. The van der Waals surface area contributed by atoms with Gasteiger partial charge in [-0.1, -0.05) is 0 Å². The van der Waals surface area contributed by atoms with E-state index >= 15 is 0 Å². The molecule has 1 aliphatic rings. The fraction of sp³-hybridized carbons (Fsp3) is 0.474. The highest BCUT2D eigenvalue weighted by Gasteiger charge is 2.22. The average molecular weight is 359 g/mol. The lowest BCUT2D eigenvalue weighted by Gasteiger charge is -2.21. The minimum absolute atomic E-state index is 0.213. The lowest BCUT2D eigenvalue weighted by molar-refractivity contribution is 0.124. The van der Waals surface area contributed by atoms with Crippen LogP contribution in [0.2, 0.25) is 0 Å². The molecule has 2 rings (SSSR count). The first kappa shape index (κ1) is 19.9. The summed E-state index contributed by atoms with van der Waals surface area (Å²) in [6, 6.07) is 8.02. The molecule has 0 bridgehead atoms. The van der Waals surface area contributed by atoms with Crippen LogP contribution in [0.3, 0.4) is 0 Å². The van der Waals surface area contributed by atoms with Crippen LogP contribution in [0.25, 0.3) is 0 Å². The van der Waals surface area contributed by atoms with Gasteiger partial charge in [0, 0.05) is 38.9 Å². The molecule has 26 heavy (non-hydrogen) atoms. The zero-order chi connectivity index (χ0) is 18.9. The molecule has 142 valence electrons. The summed E-state index contributed by atoms with van der Waals surface area (Å²) in [7, 11) is 7.28. The van der Waals surface area contributed by atoms with Crippen molar-refractivity contribution >= 4 is 11.4 Å². The fourth-order valence-electron chi connectivity index (χ4n) is 2.72. The largest absolute Gasteiger partial charge is 0.495 e. The van der Waals surface area contributed by atoms with Crippen LogP contribution in [0.4, 0.5) is 11.4 Å². The first-order valence-electron chi connectivity index (χ1n) is 8.73. The number of methoxy groups -OCH3 is 2. The molecular formula is C19H29N5O2. The summed E-state index contributed by atoms with van der Waals surface area (Å²) < 4.78 is 10.7. The third-order valence-corrected chi connectivity index (χ3v) is 4.33. The van der Waals surface area contributed by atoms with Crippen molar-refractivity contribution in [1.82, 2.24) is 5.32 Å². The van der Waals surface area contributed by atoms with Gasteiger partial charge in [0.1, 0.15) is 11.9 Å². The number of allylic oxidation sites excluding steroid dienone is 1. The zero-order valence-electron chi connectivity index (χ0n) is 16.0. The number of azo groups is 1. The van der Waals surface area contributed by atoms with Crippen LogP contribution >= 0.6 is 0 Å². The lowest BCUT2D eigenvalue weighted by Crippen LogP contribution is -2.22. The molecule has 0 amide bonds. The summed E-state index contributed by atoms with van der Waals surface area (Å²) >= 11 is 0. The van der Waals surface area contributed by atoms with E-state index in [2.05, 4.69) is 39.6 Å². The van der Waals surface area contributed by atoms with Crippen LogP contribution in [0, 0.1) is 0 Å². The highest BCUT2D eigenvalue weighted by molar-refractivity contribution is 5.52. The van der Waals surface area contributed by atoms with Gasteiger partial charge in [-0.15, -0.1) is 0 Å². The van der Waals surface area contributed by atoms with E-state index in [9.17, 15) is 0 Å². The van der Waals surface area contributed by atoms with Gasteiger partial charge in [0.2, 0.25) is 0 Å². The molecule has 0 radical (unpaired) electrons. The monoisotopic (exact) mass is 359 g/mol. The second kappa shape index (κ2) is 9.94. The van der Waals surface area contributed by atoms with E-state index in [1.807, 2.05) is 19.2 Å². The van der Waals surface area contributed by atoms with E-state index in [0.29, 0.717) is 23.6 Å². The molecule has 1 atom stereocenters. The minimum Gasteiger partial charge on any atom is -0.495 e. The highest BCUT2D eigenvalue weighted by atomic mass is 16.5. The van der Waals surface area contributed by atoms with Crippen LogP contribution in [-0.2, 0) is 9.47 Å². The zero-order valence-corrected chi connectivity index (χ0v) is 16.0. The third-order valence-electron chi connectivity index (χ3n) is 4.33. The van der Waals surface area contributed by atoms with Crippen molar-refractivity contribution in [2.45, 2.75) is 18.9 Å². The van der Waals surface area contributed by atoms with E-state index in [0.717, 1.165) is 30.9 Å². The van der Waals surface area contributed by atoms with Crippen LogP contribution in [0.5, 0.6) is 0 Å². The number of benzene rings is 1. The van der Waals surface area contributed by atoms with Gasteiger partial charge in [-0.05, 0) is 44.3 Å². The molecule has 0 saturated carbocycles. The fourth-order valence-corrected chi connectivity index (χ4v) is 2.72.